The van der Waals surface area contributed by atoms with Gasteiger partial charge >= 0.3 is 0 Å². The van der Waals surface area contributed by atoms with Gasteiger partial charge in [-0.15, -0.1) is 0 Å². The maximum Gasteiger partial charge on any atom is 0.190 e. The maximum absolute atomic E-state index is 13.5. The van der Waals surface area contributed by atoms with Gasteiger partial charge < -0.3 is 4.74 Å². The molecule has 0 saturated heterocycles. The van der Waals surface area contributed by atoms with Crippen LogP contribution >= 0.6 is 0 Å². The van der Waals surface area contributed by atoms with E-state index in [1.165, 1.54) is 19.2 Å². The van der Waals surface area contributed by atoms with Crippen LogP contribution in [0.15, 0.2) is 36.4 Å². The van der Waals surface area contributed by atoms with Gasteiger partial charge in [-0.05, 0) is 30.2 Å². The molecular weight excluding hydrogens is 222 g/mol. The van der Waals surface area contributed by atoms with Gasteiger partial charge in [-0.3, -0.25) is 0 Å². The van der Waals surface area contributed by atoms with Crippen LogP contribution in [-0.2, 0) is 0 Å². The lowest BCUT2D eigenvalue weighted by Crippen LogP contribution is -1.93. The van der Waals surface area contributed by atoms with E-state index in [9.17, 15) is 8.78 Å². The molecule has 0 aliphatic rings. The topological polar surface area (TPSA) is 9.23 Å². The number of methoxy groups -OCH3 is 1. The minimum absolute atomic E-state index is 0.346. The molecule has 0 heterocycles. The van der Waals surface area contributed by atoms with Crippen LogP contribution in [0.4, 0.5) is 8.78 Å². The molecule has 0 aliphatic carbocycles. The van der Waals surface area contributed by atoms with E-state index in [1.54, 1.807) is 0 Å². The molecule has 0 unspecified atom stereocenters. The molecule has 3 heteroatoms. The van der Waals surface area contributed by atoms with E-state index in [1.807, 2.05) is 31.2 Å². The summed E-state index contributed by atoms with van der Waals surface area (Å²) in [5, 5.41) is 0. The summed E-state index contributed by atoms with van der Waals surface area (Å²) < 4.78 is 31.7. The third-order valence-corrected chi connectivity index (χ3v) is 2.55. The van der Waals surface area contributed by atoms with E-state index in [4.69, 9.17) is 0 Å². The Kier molecular flexibility index (Phi) is 3.09. The number of hydrogen-bond acceptors (Lipinski definition) is 1. The number of aryl methyl sites for hydroxylation is 1. The van der Waals surface area contributed by atoms with Crippen LogP contribution in [0.2, 0.25) is 0 Å². The number of benzene rings is 2. The standard InChI is InChI=1S/C14H12F2O/c1-9-4-3-5-10(6-9)11-7-12(15)14(17-2)13(16)8-11/h3-8H,1-2H3. The Balaban J connectivity index is 2.54. The predicted molar refractivity (Wildman–Crippen MR) is 63.1 cm³/mol. The second-order valence-electron chi connectivity index (χ2n) is 3.84. The first-order valence-corrected chi connectivity index (χ1v) is 5.22. The first kappa shape index (κ1) is 11.6. The van der Waals surface area contributed by atoms with Crippen molar-refractivity contribution in [3.63, 3.8) is 0 Å². The van der Waals surface area contributed by atoms with Crippen molar-refractivity contribution in [1.82, 2.24) is 0 Å². The Labute approximate surface area is 98.7 Å². The van der Waals surface area contributed by atoms with Gasteiger partial charge in [0.25, 0.3) is 0 Å². The van der Waals surface area contributed by atoms with Gasteiger partial charge in [-0.25, -0.2) is 8.78 Å². The van der Waals surface area contributed by atoms with Gasteiger partial charge in [-0.1, -0.05) is 29.8 Å². The van der Waals surface area contributed by atoms with E-state index in [0.717, 1.165) is 11.1 Å². The molecule has 0 atom stereocenters. The highest BCUT2D eigenvalue weighted by Crippen LogP contribution is 2.28. The summed E-state index contributed by atoms with van der Waals surface area (Å²) in [7, 11) is 1.24. The third-order valence-electron chi connectivity index (χ3n) is 2.55. The van der Waals surface area contributed by atoms with E-state index in [2.05, 4.69) is 4.74 Å². The minimum atomic E-state index is -0.691. The molecule has 0 amide bonds. The molecule has 2 aromatic rings. The molecule has 17 heavy (non-hydrogen) atoms. The van der Waals surface area contributed by atoms with Gasteiger partial charge in [0, 0.05) is 0 Å². The predicted octanol–water partition coefficient (Wildman–Crippen LogP) is 3.95. The normalized spacial score (nSPS) is 10.4. The van der Waals surface area contributed by atoms with Gasteiger partial charge in [0.1, 0.15) is 0 Å². The van der Waals surface area contributed by atoms with E-state index in [0.29, 0.717) is 5.56 Å². The lowest BCUT2D eigenvalue weighted by atomic mass is 10.0. The Hall–Kier alpha value is -1.90. The minimum Gasteiger partial charge on any atom is -0.491 e. The number of ether oxygens (including phenoxy) is 1. The molecule has 0 bridgehead atoms. The lowest BCUT2D eigenvalue weighted by Gasteiger charge is -2.07. The van der Waals surface area contributed by atoms with E-state index >= 15 is 0 Å². The monoisotopic (exact) mass is 234 g/mol. The van der Waals surface area contributed by atoms with Crippen LogP contribution in [0.25, 0.3) is 11.1 Å². The van der Waals surface area contributed by atoms with E-state index < -0.39 is 11.6 Å². The van der Waals surface area contributed by atoms with Crippen molar-refractivity contribution in [2.75, 3.05) is 7.11 Å². The fourth-order valence-corrected chi connectivity index (χ4v) is 1.75. The van der Waals surface area contributed by atoms with Crippen molar-refractivity contribution in [2.45, 2.75) is 6.92 Å². The average Bonchev–Trinajstić information content (AvgIpc) is 2.28. The first-order valence-electron chi connectivity index (χ1n) is 5.22. The van der Waals surface area contributed by atoms with Crippen molar-refractivity contribution >= 4 is 0 Å². The number of rotatable bonds is 2. The number of hydrogen-bond donors (Lipinski definition) is 0. The van der Waals surface area contributed by atoms with Crippen LogP contribution in [0.1, 0.15) is 5.56 Å². The molecule has 2 rings (SSSR count). The molecule has 0 N–H and O–H groups in total. The van der Waals surface area contributed by atoms with Crippen LogP contribution in [0.5, 0.6) is 5.75 Å². The third kappa shape index (κ3) is 2.28. The Bertz CT molecular complexity index is 527. The summed E-state index contributed by atoms with van der Waals surface area (Å²) in [5.74, 6) is -1.73. The van der Waals surface area contributed by atoms with Gasteiger partial charge in [-0.2, -0.15) is 0 Å². The highest BCUT2D eigenvalue weighted by Gasteiger charge is 2.12. The summed E-state index contributed by atoms with van der Waals surface area (Å²) >= 11 is 0. The molecule has 1 nitrogen and oxygen atoms in total. The van der Waals surface area contributed by atoms with E-state index in [-0.39, 0.29) is 5.75 Å². The van der Waals surface area contributed by atoms with Crippen molar-refractivity contribution in [3.05, 3.63) is 53.6 Å². The second kappa shape index (κ2) is 4.53. The molecule has 0 radical (unpaired) electrons. The summed E-state index contributed by atoms with van der Waals surface area (Å²) in [5.41, 5.74) is 2.33. The summed E-state index contributed by atoms with van der Waals surface area (Å²) in [4.78, 5) is 0. The zero-order chi connectivity index (χ0) is 12.4. The molecule has 2 aromatic carbocycles. The summed E-state index contributed by atoms with van der Waals surface area (Å²) in [6, 6.07) is 10.0. The molecule has 0 aromatic heterocycles. The lowest BCUT2D eigenvalue weighted by molar-refractivity contribution is 0.360. The van der Waals surface area contributed by atoms with Crippen LogP contribution in [0.3, 0.4) is 0 Å². The Morgan fingerprint density at radius 1 is 0.941 bits per heavy atom. The molecule has 0 aliphatic heterocycles. The van der Waals surface area contributed by atoms with Gasteiger partial charge in [0.15, 0.2) is 17.4 Å². The second-order valence-corrected chi connectivity index (χ2v) is 3.84. The van der Waals surface area contributed by atoms with Crippen molar-refractivity contribution in [2.24, 2.45) is 0 Å². The van der Waals surface area contributed by atoms with Crippen LogP contribution in [-0.4, -0.2) is 7.11 Å². The summed E-state index contributed by atoms with van der Waals surface area (Å²) in [6.45, 7) is 1.93. The highest BCUT2D eigenvalue weighted by molar-refractivity contribution is 5.65. The number of halogens is 2. The smallest absolute Gasteiger partial charge is 0.190 e. The Morgan fingerprint density at radius 2 is 1.59 bits per heavy atom. The summed E-state index contributed by atoms with van der Waals surface area (Å²) in [6.07, 6.45) is 0. The zero-order valence-corrected chi connectivity index (χ0v) is 9.63. The molecule has 88 valence electrons. The molecule has 0 spiro atoms. The van der Waals surface area contributed by atoms with Crippen LogP contribution in [0, 0.1) is 18.6 Å². The highest BCUT2D eigenvalue weighted by atomic mass is 19.1. The molecule has 0 saturated carbocycles. The quantitative estimate of drug-likeness (QED) is 0.764. The Morgan fingerprint density at radius 3 is 2.12 bits per heavy atom. The van der Waals surface area contributed by atoms with Crippen molar-refractivity contribution in [1.29, 1.82) is 0 Å². The zero-order valence-electron chi connectivity index (χ0n) is 9.63. The van der Waals surface area contributed by atoms with Crippen molar-refractivity contribution < 1.29 is 13.5 Å². The average molecular weight is 234 g/mol. The van der Waals surface area contributed by atoms with Gasteiger partial charge in [0.05, 0.1) is 7.11 Å². The molecular formula is C14H12F2O. The fraction of sp³-hybridized carbons (Fsp3) is 0.143. The van der Waals surface area contributed by atoms with Crippen molar-refractivity contribution in [3.8, 4) is 16.9 Å². The maximum atomic E-state index is 13.5. The fourth-order valence-electron chi connectivity index (χ4n) is 1.75. The first-order chi connectivity index (χ1) is 8.11. The van der Waals surface area contributed by atoms with Crippen LogP contribution < -0.4 is 4.74 Å². The van der Waals surface area contributed by atoms with Gasteiger partial charge in [0.2, 0.25) is 0 Å². The SMILES string of the molecule is COc1c(F)cc(-c2cccc(C)c2)cc1F. The largest absolute Gasteiger partial charge is 0.491 e. The molecule has 0 fully saturated rings.